The molecule has 3 aromatic rings. The summed E-state index contributed by atoms with van der Waals surface area (Å²) in [4.78, 5) is 14.2. The number of thioether (sulfide) groups is 1. The first-order valence-electron chi connectivity index (χ1n) is 7.71. The summed E-state index contributed by atoms with van der Waals surface area (Å²) in [5, 5.41) is 3.78. The monoisotopic (exact) mass is 406 g/mol. The summed E-state index contributed by atoms with van der Waals surface area (Å²) in [6.07, 6.45) is 3.12. The first-order valence-corrected chi connectivity index (χ1v) is 11.6. The van der Waals surface area contributed by atoms with Gasteiger partial charge < -0.3 is 5.32 Å². The van der Waals surface area contributed by atoms with Crippen molar-refractivity contribution in [3.8, 4) is 0 Å². The van der Waals surface area contributed by atoms with E-state index in [4.69, 9.17) is 0 Å². The van der Waals surface area contributed by atoms with Crippen LogP contribution in [0, 0.1) is 0 Å². The van der Waals surface area contributed by atoms with E-state index in [1.165, 1.54) is 22.7 Å². The molecule has 0 aliphatic rings. The van der Waals surface area contributed by atoms with Crippen molar-refractivity contribution in [2.75, 3.05) is 29.2 Å². The van der Waals surface area contributed by atoms with Gasteiger partial charge in [0.25, 0.3) is 5.91 Å². The second kappa shape index (κ2) is 7.30. The number of nitrogens with one attached hydrogen (secondary N) is 1. The molecule has 0 radical (unpaired) electrons. The zero-order valence-corrected chi connectivity index (χ0v) is 17.0. The first kappa shape index (κ1) is 18.8. The number of anilines is 2. The molecule has 0 saturated carbocycles. The number of para-hydroxylation sites is 1. The lowest BCUT2D eigenvalue weighted by Crippen LogP contribution is -2.24. The Kier molecular flexibility index (Phi) is 5.27. The van der Waals surface area contributed by atoms with E-state index in [0.29, 0.717) is 10.6 Å². The van der Waals surface area contributed by atoms with Gasteiger partial charge in [-0.2, -0.15) is 0 Å². The summed E-state index contributed by atoms with van der Waals surface area (Å²) >= 11 is 2.95. The molecule has 0 atom stereocenters. The van der Waals surface area contributed by atoms with Gasteiger partial charge in [-0.3, -0.25) is 9.10 Å². The average molecular weight is 407 g/mol. The lowest BCUT2D eigenvalue weighted by Gasteiger charge is -2.16. The van der Waals surface area contributed by atoms with Crippen LogP contribution in [0.2, 0.25) is 0 Å². The zero-order chi connectivity index (χ0) is 18.9. The highest BCUT2D eigenvalue weighted by atomic mass is 32.2. The Morgan fingerprint density at radius 2 is 1.88 bits per heavy atom. The summed E-state index contributed by atoms with van der Waals surface area (Å²) in [5.41, 5.74) is 1.34. The number of nitrogens with zero attached hydrogens (tertiary/aromatic N) is 1. The molecule has 0 bridgehead atoms. The average Bonchev–Trinajstić information content (AvgIpc) is 3.04. The fraction of sp³-hybridized carbons (Fsp3) is 0.167. The van der Waals surface area contributed by atoms with Crippen LogP contribution in [-0.2, 0) is 10.0 Å². The first-order chi connectivity index (χ1) is 12.3. The molecule has 1 heterocycles. The largest absolute Gasteiger partial charge is 0.320 e. The Hall–Kier alpha value is -2.03. The van der Waals surface area contributed by atoms with Gasteiger partial charge in [0.05, 0.1) is 22.5 Å². The van der Waals surface area contributed by atoms with Crippen LogP contribution in [-0.4, -0.2) is 33.9 Å². The molecule has 0 aliphatic carbocycles. The van der Waals surface area contributed by atoms with Gasteiger partial charge in [0.15, 0.2) is 0 Å². The van der Waals surface area contributed by atoms with E-state index in [-0.39, 0.29) is 5.91 Å². The Morgan fingerprint density at radius 1 is 1.15 bits per heavy atom. The van der Waals surface area contributed by atoms with Crippen molar-refractivity contribution in [3.05, 3.63) is 53.4 Å². The van der Waals surface area contributed by atoms with Crippen LogP contribution in [0.15, 0.2) is 53.4 Å². The number of amides is 1. The normalized spacial score (nSPS) is 11.5. The third-order valence-electron chi connectivity index (χ3n) is 3.94. The second-order valence-electron chi connectivity index (χ2n) is 5.72. The molecule has 0 unspecified atom stereocenters. The summed E-state index contributed by atoms with van der Waals surface area (Å²) in [6.45, 7) is 0. The SMILES string of the molecule is CSc1ccccc1NC(=O)c1cc2cc(N(C)S(C)(=O)=O)ccc2s1. The van der Waals surface area contributed by atoms with Crippen molar-refractivity contribution in [1.82, 2.24) is 0 Å². The lowest BCUT2D eigenvalue weighted by molar-refractivity contribution is 0.103. The minimum Gasteiger partial charge on any atom is -0.320 e. The number of carbonyl (C=O) groups is 1. The lowest BCUT2D eigenvalue weighted by atomic mass is 10.2. The molecule has 1 aromatic heterocycles. The molecule has 0 spiro atoms. The maximum atomic E-state index is 12.6. The Bertz CT molecular complexity index is 1070. The van der Waals surface area contributed by atoms with Crippen LogP contribution in [0.3, 0.4) is 0 Å². The maximum Gasteiger partial charge on any atom is 0.265 e. The number of sulfonamides is 1. The number of hydrogen-bond donors (Lipinski definition) is 1. The van der Waals surface area contributed by atoms with Gasteiger partial charge in [-0.1, -0.05) is 12.1 Å². The molecule has 8 heteroatoms. The van der Waals surface area contributed by atoms with E-state index in [1.807, 2.05) is 36.6 Å². The van der Waals surface area contributed by atoms with E-state index in [0.717, 1.165) is 26.9 Å². The summed E-state index contributed by atoms with van der Waals surface area (Å²) in [5.74, 6) is -0.175. The molecular weight excluding hydrogens is 388 g/mol. The van der Waals surface area contributed by atoms with Crippen molar-refractivity contribution in [3.63, 3.8) is 0 Å². The third kappa shape index (κ3) is 3.87. The third-order valence-corrected chi connectivity index (χ3v) is 7.06. The minimum absolute atomic E-state index is 0.175. The van der Waals surface area contributed by atoms with Gasteiger partial charge >= 0.3 is 0 Å². The number of rotatable bonds is 5. The maximum absolute atomic E-state index is 12.6. The van der Waals surface area contributed by atoms with Crippen molar-refractivity contribution in [1.29, 1.82) is 0 Å². The summed E-state index contributed by atoms with van der Waals surface area (Å²) < 4.78 is 25.6. The number of thiophene rings is 1. The molecule has 0 fully saturated rings. The molecule has 5 nitrogen and oxygen atoms in total. The van der Waals surface area contributed by atoms with Crippen LogP contribution in [0.1, 0.15) is 9.67 Å². The van der Waals surface area contributed by atoms with E-state index < -0.39 is 10.0 Å². The predicted octanol–water partition coefficient (Wildman–Crippen LogP) is 4.27. The topological polar surface area (TPSA) is 66.5 Å². The van der Waals surface area contributed by atoms with Gasteiger partial charge in [0, 0.05) is 16.6 Å². The molecule has 2 aromatic carbocycles. The van der Waals surface area contributed by atoms with Gasteiger partial charge in [0.2, 0.25) is 10.0 Å². The van der Waals surface area contributed by atoms with Crippen LogP contribution < -0.4 is 9.62 Å². The Labute approximate surface area is 161 Å². The highest BCUT2D eigenvalue weighted by molar-refractivity contribution is 7.98. The molecule has 0 saturated heterocycles. The second-order valence-corrected chi connectivity index (χ2v) is 9.66. The molecule has 26 heavy (non-hydrogen) atoms. The van der Waals surface area contributed by atoms with Crippen LogP contribution in [0.5, 0.6) is 0 Å². The Morgan fingerprint density at radius 3 is 2.58 bits per heavy atom. The van der Waals surface area contributed by atoms with E-state index in [2.05, 4.69) is 5.32 Å². The highest BCUT2D eigenvalue weighted by Gasteiger charge is 2.15. The molecule has 0 aliphatic heterocycles. The van der Waals surface area contributed by atoms with E-state index >= 15 is 0 Å². The molecular formula is C18H18N2O3S3. The predicted molar refractivity (Wildman–Crippen MR) is 111 cm³/mol. The minimum atomic E-state index is -3.33. The molecule has 1 N–H and O–H groups in total. The van der Waals surface area contributed by atoms with E-state index in [1.54, 1.807) is 30.0 Å². The van der Waals surface area contributed by atoms with Crippen molar-refractivity contribution in [2.24, 2.45) is 0 Å². The van der Waals surface area contributed by atoms with Gasteiger partial charge in [-0.05, 0) is 48.0 Å². The fourth-order valence-electron chi connectivity index (χ4n) is 2.46. The van der Waals surface area contributed by atoms with Gasteiger partial charge in [-0.25, -0.2) is 8.42 Å². The van der Waals surface area contributed by atoms with E-state index in [9.17, 15) is 13.2 Å². The standard InChI is InChI=1S/C18H18N2O3S3/c1-20(26(3,22)23)13-8-9-15-12(10-13)11-17(25-15)18(21)19-14-6-4-5-7-16(14)24-2/h4-11H,1-3H3,(H,19,21). The van der Waals surface area contributed by atoms with Gasteiger partial charge in [-0.15, -0.1) is 23.1 Å². The zero-order valence-electron chi connectivity index (χ0n) is 14.5. The molecule has 1 amide bonds. The van der Waals surface area contributed by atoms with Crippen LogP contribution >= 0.6 is 23.1 Å². The number of carbonyl (C=O) groups excluding carboxylic acids is 1. The smallest absolute Gasteiger partial charge is 0.265 e. The quantitative estimate of drug-likeness (QED) is 0.643. The highest BCUT2D eigenvalue weighted by Crippen LogP contribution is 2.31. The number of hydrogen-bond acceptors (Lipinski definition) is 5. The van der Waals surface area contributed by atoms with Crippen molar-refractivity contribution < 1.29 is 13.2 Å². The van der Waals surface area contributed by atoms with Crippen molar-refractivity contribution >= 4 is 60.5 Å². The van der Waals surface area contributed by atoms with Gasteiger partial charge in [0.1, 0.15) is 0 Å². The van der Waals surface area contributed by atoms with Crippen molar-refractivity contribution in [2.45, 2.75) is 4.90 Å². The summed E-state index contributed by atoms with van der Waals surface area (Å²) in [7, 11) is -1.82. The number of benzene rings is 2. The van der Waals surface area contributed by atoms with Crippen LogP contribution in [0.4, 0.5) is 11.4 Å². The molecule has 3 rings (SSSR count). The molecule has 136 valence electrons. The van der Waals surface area contributed by atoms with Crippen LogP contribution in [0.25, 0.3) is 10.1 Å². The summed E-state index contributed by atoms with van der Waals surface area (Å²) in [6, 6.07) is 14.8. The fourth-order valence-corrected chi connectivity index (χ4v) is 4.45. The number of fused-ring (bicyclic) bond motifs is 1. The Balaban J connectivity index is 1.90.